The lowest BCUT2D eigenvalue weighted by Gasteiger charge is -2.34. The van der Waals surface area contributed by atoms with Crippen LogP contribution in [-0.4, -0.2) is 24.9 Å². The Hall–Kier alpha value is -2.41. The third-order valence-corrected chi connectivity index (χ3v) is 4.99. The molecule has 3 rings (SSSR count). The quantitative estimate of drug-likeness (QED) is 0.795. The summed E-state index contributed by atoms with van der Waals surface area (Å²) in [6.07, 6.45) is 1.23. The van der Waals surface area contributed by atoms with Crippen LogP contribution in [0.25, 0.3) is 0 Å². The summed E-state index contributed by atoms with van der Waals surface area (Å²) >= 11 is 3.25. The maximum Gasteiger partial charge on any atom is 0.253 e. The lowest BCUT2D eigenvalue weighted by molar-refractivity contribution is -0.120. The first kappa shape index (κ1) is 18.4. The monoisotopic (exact) mass is 419 g/mol. The highest BCUT2D eigenvalue weighted by atomic mass is 79.9. The van der Waals surface area contributed by atoms with E-state index in [0.29, 0.717) is 36.1 Å². The smallest absolute Gasteiger partial charge is 0.253 e. The van der Waals surface area contributed by atoms with Crippen molar-refractivity contribution in [2.45, 2.75) is 12.8 Å². The van der Waals surface area contributed by atoms with Crippen LogP contribution in [0.3, 0.4) is 0 Å². The average molecular weight is 420 g/mol. The summed E-state index contributed by atoms with van der Waals surface area (Å²) in [5.74, 6) is -1.59. The third-order valence-electron chi connectivity index (χ3n) is 4.53. The molecule has 0 saturated carbocycles. The summed E-state index contributed by atoms with van der Waals surface area (Å²) in [4.78, 5) is 26.0. The maximum atomic E-state index is 14.1. The second-order valence-electron chi connectivity index (χ2n) is 6.26. The molecule has 2 aromatic rings. The summed E-state index contributed by atoms with van der Waals surface area (Å²) in [6, 6.07) is 12.2. The lowest BCUT2D eigenvalue weighted by Crippen LogP contribution is -2.39. The molecule has 5 nitrogen and oxygen atoms in total. The standard InChI is InChI=1S/C19H19BrFN3O2/c20-13-10-15(21)17(18(22)25)16(11-13)24-8-6-12(7-9-24)19(26)23-14-4-2-1-3-5-14/h1-5,10-12H,6-9H2,(H2,22,25)(H,23,26). The Kier molecular flexibility index (Phi) is 5.56. The molecule has 0 aromatic heterocycles. The number of para-hydroxylation sites is 1. The van der Waals surface area contributed by atoms with Crippen molar-refractivity contribution in [3.05, 3.63) is 58.3 Å². The SMILES string of the molecule is NC(=O)c1c(F)cc(Br)cc1N1CCC(C(=O)Nc2ccccc2)CC1. The number of amides is 2. The first-order valence-corrected chi connectivity index (χ1v) is 9.14. The Balaban J connectivity index is 1.69. The Morgan fingerprint density at radius 1 is 1.15 bits per heavy atom. The predicted molar refractivity (Wildman–Crippen MR) is 103 cm³/mol. The zero-order valence-electron chi connectivity index (χ0n) is 14.0. The molecule has 136 valence electrons. The normalized spacial score (nSPS) is 14.9. The molecule has 0 atom stereocenters. The average Bonchev–Trinajstić information content (AvgIpc) is 2.61. The number of piperidine rings is 1. The van der Waals surface area contributed by atoms with Crippen molar-refractivity contribution in [3.63, 3.8) is 0 Å². The fourth-order valence-corrected chi connectivity index (χ4v) is 3.62. The van der Waals surface area contributed by atoms with Crippen LogP contribution >= 0.6 is 15.9 Å². The lowest BCUT2D eigenvalue weighted by atomic mass is 9.94. The Bertz CT molecular complexity index is 821. The Morgan fingerprint density at radius 3 is 2.42 bits per heavy atom. The summed E-state index contributed by atoms with van der Waals surface area (Å²) in [7, 11) is 0. The molecule has 26 heavy (non-hydrogen) atoms. The Morgan fingerprint density at radius 2 is 1.81 bits per heavy atom. The van der Waals surface area contributed by atoms with Crippen LogP contribution < -0.4 is 16.0 Å². The van der Waals surface area contributed by atoms with Crippen molar-refractivity contribution < 1.29 is 14.0 Å². The van der Waals surface area contributed by atoms with Gasteiger partial charge in [0.2, 0.25) is 5.91 Å². The van der Waals surface area contributed by atoms with Gasteiger partial charge in [-0.25, -0.2) is 4.39 Å². The molecular formula is C19H19BrFN3O2. The molecule has 3 N–H and O–H groups in total. The fourth-order valence-electron chi connectivity index (χ4n) is 3.20. The van der Waals surface area contributed by atoms with Gasteiger partial charge in [-0.1, -0.05) is 34.1 Å². The molecule has 0 unspecified atom stereocenters. The van der Waals surface area contributed by atoms with Gasteiger partial charge in [-0.3, -0.25) is 9.59 Å². The number of benzene rings is 2. The molecule has 0 bridgehead atoms. The number of nitrogens with one attached hydrogen (secondary N) is 1. The van der Waals surface area contributed by atoms with Gasteiger partial charge in [-0.05, 0) is 37.1 Å². The summed E-state index contributed by atoms with van der Waals surface area (Å²) in [5, 5.41) is 2.92. The number of hydrogen-bond donors (Lipinski definition) is 2. The first-order chi connectivity index (χ1) is 12.5. The molecule has 0 radical (unpaired) electrons. The molecular weight excluding hydrogens is 401 g/mol. The predicted octanol–water partition coefficient (Wildman–Crippen LogP) is 3.54. The summed E-state index contributed by atoms with van der Waals surface area (Å²) in [6.45, 7) is 1.09. The van der Waals surface area contributed by atoms with Crippen LogP contribution in [0, 0.1) is 11.7 Å². The minimum atomic E-state index is -0.797. The maximum absolute atomic E-state index is 14.1. The van der Waals surface area contributed by atoms with Gasteiger partial charge in [0.05, 0.1) is 11.3 Å². The van der Waals surface area contributed by atoms with Gasteiger partial charge in [-0.2, -0.15) is 0 Å². The van der Waals surface area contributed by atoms with E-state index in [1.54, 1.807) is 6.07 Å². The van der Waals surface area contributed by atoms with Crippen LogP contribution in [-0.2, 0) is 4.79 Å². The molecule has 1 heterocycles. The molecule has 0 spiro atoms. The number of carbonyl (C=O) groups excluding carboxylic acids is 2. The highest BCUT2D eigenvalue weighted by Crippen LogP contribution is 2.31. The molecule has 0 aliphatic carbocycles. The highest BCUT2D eigenvalue weighted by molar-refractivity contribution is 9.10. The van der Waals surface area contributed by atoms with Crippen molar-refractivity contribution in [1.82, 2.24) is 0 Å². The molecule has 1 aliphatic heterocycles. The van der Waals surface area contributed by atoms with Gasteiger partial charge in [0.15, 0.2) is 0 Å². The fraction of sp³-hybridized carbons (Fsp3) is 0.263. The van der Waals surface area contributed by atoms with Crippen molar-refractivity contribution in [1.29, 1.82) is 0 Å². The molecule has 1 aliphatic rings. The van der Waals surface area contributed by atoms with E-state index in [0.717, 1.165) is 5.69 Å². The van der Waals surface area contributed by atoms with Gasteiger partial charge in [0, 0.05) is 29.2 Å². The number of nitrogens with two attached hydrogens (primary N) is 1. The van der Waals surface area contributed by atoms with Crippen molar-refractivity contribution in [2.24, 2.45) is 11.7 Å². The van der Waals surface area contributed by atoms with Crippen LogP contribution in [0.15, 0.2) is 46.9 Å². The van der Waals surface area contributed by atoms with Crippen molar-refractivity contribution >= 4 is 39.1 Å². The summed E-state index contributed by atoms with van der Waals surface area (Å²) < 4.78 is 14.7. The van der Waals surface area contributed by atoms with E-state index in [4.69, 9.17) is 5.73 Å². The number of carbonyl (C=O) groups is 2. The third kappa shape index (κ3) is 4.04. The van der Waals surface area contributed by atoms with Crippen molar-refractivity contribution in [3.8, 4) is 0 Å². The number of nitrogens with zero attached hydrogens (tertiary/aromatic N) is 1. The largest absolute Gasteiger partial charge is 0.371 e. The second kappa shape index (κ2) is 7.86. The van der Waals surface area contributed by atoms with E-state index in [-0.39, 0.29) is 17.4 Å². The van der Waals surface area contributed by atoms with Crippen LogP contribution in [0.1, 0.15) is 23.2 Å². The van der Waals surface area contributed by atoms with Gasteiger partial charge < -0.3 is 16.0 Å². The van der Waals surface area contributed by atoms with E-state index in [1.165, 1.54) is 6.07 Å². The number of anilines is 2. The van der Waals surface area contributed by atoms with E-state index >= 15 is 0 Å². The number of primary amides is 1. The van der Waals surface area contributed by atoms with E-state index in [9.17, 15) is 14.0 Å². The molecule has 7 heteroatoms. The molecule has 1 fully saturated rings. The molecule has 2 amide bonds. The number of halogens is 2. The van der Waals surface area contributed by atoms with Gasteiger partial charge >= 0.3 is 0 Å². The van der Waals surface area contributed by atoms with E-state index in [1.807, 2.05) is 35.2 Å². The van der Waals surface area contributed by atoms with Crippen LogP contribution in [0.2, 0.25) is 0 Å². The number of rotatable bonds is 4. The molecule has 1 saturated heterocycles. The zero-order valence-corrected chi connectivity index (χ0v) is 15.6. The van der Waals surface area contributed by atoms with Gasteiger partial charge in [0.25, 0.3) is 5.91 Å². The second-order valence-corrected chi connectivity index (χ2v) is 7.18. The minimum Gasteiger partial charge on any atom is -0.371 e. The van der Waals surface area contributed by atoms with E-state index < -0.39 is 11.7 Å². The van der Waals surface area contributed by atoms with Crippen LogP contribution in [0.5, 0.6) is 0 Å². The molecule has 2 aromatic carbocycles. The van der Waals surface area contributed by atoms with Crippen LogP contribution in [0.4, 0.5) is 15.8 Å². The van der Waals surface area contributed by atoms with Gasteiger partial charge in [0.1, 0.15) is 5.82 Å². The highest BCUT2D eigenvalue weighted by Gasteiger charge is 2.28. The first-order valence-electron chi connectivity index (χ1n) is 8.35. The van der Waals surface area contributed by atoms with Gasteiger partial charge in [-0.15, -0.1) is 0 Å². The van der Waals surface area contributed by atoms with E-state index in [2.05, 4.69) is 21.2 Å². The van der Waals surface area contributed by atoms with Crippen molar-refractivity contribution in [2.75, 3.05) is 23.3 Å². The summed E-state index contributed by atoms with van der Waals surface area (Å²) in [5.41, 5.74) is 6.47. The Labute approximate surface area is 159 Å². The zero-order chi connectivity index (χ0) is 18.7. The minimum absolute atomic E-state index is 0.0219. The number of hydrogen-bond acceptors (Lipinski definition) is 3. The topological polar surface area (TPSA) is 75.4 Å².